The second kappa shape index (κ2) is 9.06. The Morgan fingerprint density at radius 1 is 1.05 bits per heavy atom. The molecule has 0 spiro atoms. The predicted octanol–water partition coefficient (Wildman–Crippen LogP) is 3.24. The Morgan fingerprint density at radius 3 is 2.29 bits per heavy atom. The Kier molecular flexibility index (Phi) is 7.76. The smallest absolute Gasteiger partial charge is 0.122 e. The van der Waals surface area contributed by atoms with Gasteiger partial charge in [0, 0.05) is 19.6 Å². The van der Waals surface area contributed by atoms with E-state index in [1.165, 1.54) is 11.1 Å². The van der Waals surface area contributed by atoms with Gasteiger partial charge in [-0.3, -0.25) is 0 Å². The number of likely N-dealkylation sites (N-methyl/N-ethyl adjacent to an activating group) is 2. The molecule has 0 saturated carbocycles. The Hall–Kier alpha value is -1.06. The summed E-state index contributed by atoms with van der Waals surface area (Å²) in [6.45, 7) is 11.0. The third kappa shape index (κ3) is 6.06. The fraction of sp³-hybridized carbons (Fsp3) is 0.667. The summed E-state index contributed by atoms with van der Waals surface area (Å²) in [5, 5.41) is 0. The summed E-state index contributed by atoms with van der Waals surface area (Å²) in [6.07, 6.45) is 1.07. The molecule has 0 heterocycles. The zero-order valence-electron chi connectivity index (χ0n) is 14.6. The van der Waals surface area contributed by atoms with Gasteiger partial charge in [0.1, 0.15) is 5.75 Å². The molecule has 1 aromatic carbocycles. The molecule has 1 rings (SSSR count). The monoisotopic (exact) mass is 292 g/mol. The summed E-state index contributed by atoms with van der Waals surface area (Å²) < 4.78 is 5.53. The van der Waals surface area contributed by atoms with E-state index in [1.807, 2.05) is 0 Å². The maximum atomic E-state index is 5.53. The predicted molar refractivity (Wildman–Crippen MR) is 91.5 cm³/mol. The van der Waals surface area contributed by atoms with E-state index < -0.39 is 0 Å². The molecule has 0 aliphatic heterocycles. The quantitative estimate of drug-likeness (QED) is 0.695. The standard InChI is InChI=1S/C18H32N2O/c1-7-19(4)12-13-20(5)11-10-16-8-9-17(15(2)3)18(14-16)21-6/h8-9,14-15H,7,10-13H2,1-6H3. The minimum atomic E-state index is 0.501. The molecule has 0 amide bonds. The average molecular weight is 292 g/mol. The normalized spacial score (nSPS) is 11.7. The SMILES string of the molecule is CCN(C)CCN(C)CCc1ccc(C(C)C)c(OC)c1. The summed E-state index contributed by atoms with van der Waals surface area (Å²) in [5.74, 6) is 1.53. The molecule has 21 heavy (non-hydrogen) atoms. The molecule has 0 aromatic heterocycles. The maximum absolute atomic E-state index is 5.53. The Balaban J connectivity index is 2.52. The van der Waals surface area contributed by atoms with Gasteiger partial charge in [0.05, 0.1) is 7.11 Å². The van der Waals surface area contributed by atoms with Crippen molar-refractivity contribution in [2.75, 3.05) is 47.4 Å². The van der Waals surface area contributed by atoms with E-state index in [0.717, 1.165) is 38.3 Å². The molecule has 0 aliphatic carbocycles. The number of hydrogen-bond acceptors (Lipinski definition) is 3. The highest BCUT2D eigenvalue weighted by molar-refractivity contribution is 5.39. The number of hydrogen-bond donors (Lipinski definition) is 0. The number of methoxy groups -OCH3 is 1. The molecular weight excluding hydrogens is 260 g/mol. The minimum Gasteiger partial charge on any atom is -0.496 e. The van der Waals surface area contributed by atoms with Crippen LogP contribution in [0.25, 0.3) is 0 Å². The van der Waals surface area contributed by atoms with Gasteiger partial charge in [0.25, 0.3) is 0 Å². The Morgan fingerprint density at radius 2 is 1.71 bits per heavy atom. The van der Waals surface area contributed by atoms with Gasteiger partial charge in [-0.25, -0.2) is 0 Å². The lowest BCUT2D eigenvalue weighted by Gasteiger charge is -2.21. The van der Waals surface area contributed by atoms with Crippen LogP contribution in [-0.2, 0) is 6.42 Å². The highest BCUT2D eigenvalue weighted by Gasteiger charge is 2.08. The Labute approximate surface area is 130 Å². The molecule has 0 unspecified atom stereocenters. The van der Waals surface area contributed by atoms with Gasteiger partial charge in [-0.15, -0.1) is 0 Å². The molecule has 3 heteroatoms. The van der Waals surface area contributed by atoms with Crippen LogP contribution in [-0.4, -0.2) is 57.2 Å². The minimum absolute atomic E-state index is 0.501. The van der Waals surface area contributed by atoms with E-state index in [-0.39, 0.29) is 0 Å². The number of ether oxygens (including phenoxy) is 1. The van der Waals surface area contributed by atoms with E-state index in [1.54, 1.807) is 7.11 Å². The highest BCUT2D eigenvalue weighted by Crippen LogP contribution is 2.27. The van der Waals surface area contributed by atoms with Crippen molar-refractivity contribution >= 4 is 0 Å². The number of rotatable bonds is 9. The van der Waals surface area contributed by atoms with Crippen molar-refractivity contribution in [3.8, 4) is 5.75 Å². The lowest BCUT2D eigenvalue weighted by Crippen LogP contribution is -2.31. The molecule has 3 nitrogen and oxygen atoms in total. The van der Waals surface area contributed by atoms with Crippen LogP contribution in [0.2, 0.25) is 0 Å². The van der Waals surface area contributed by atoms with Gasteiger partial charge in [0.2, 0.25) is 0 Å². The second-order valence-corrected chi connectivity index (χ2v) is 6.18. The van der Waals surface area contributed by atoms with Crippen molar-refractivity contribution in [3.63, 3.8) is 0 Å². The van der Waals surface area contributed by atoms with E-state index in [2.05, 4.69) is 62.9 Å². The van der Waals surface area contributed by atoms with E-state index >= 15 is 0 Å². The van der Waals surface area contributed by atoms with Crippen molar-refractivity contribution in [1.29, 1.82) is 0 Å². The average Bonchev–Trinajstić information content (AvgIpc) is 2.49. The van der Waals surface area contributed by atoms with Gasteiger partial charge in [0.15, 0.2) is 0 Å². The summed E-state index contributed by atoms with van der Waals surface area (Å²) in [4.78, 5) is 4.74. The fourth-order valence-corrected chi connectivity index (χ4v) is 2.32. The molecule has 0 fully saturated rings. The van der Waals surface area contributed by atoms with Crippen LogP contribution in [0.3, 0.4) is 0 Å². The van der Waals surface area contributed by atoms with Crippen molar-refractivity contribution in [2.45, 2.75) is 33.1 Å². The first-order valence-electron chi connectivity index (χ1n) is 8.01. The van der Waals surface area contributed by atoms with E-state index in [0.29, 0.717) is 5.92 Å². The third-order valence-electron chi connectivity index (χ3n) is 4.11. The maximum Gasteiger partial charge on any atom is 0.122 e. The van der Waals surface area contributed by atoms with Gasteiger partial charge in [-0.1, -0.05) is 32.9 Å². The molecule has 0 radical (unpaired) electrons. The third-order valence-corrected chi connectivity index (χ3v) is 4.11. The zero-order chi connectivity index (χ0) is 15.8. The first-order valence-corrected chi connectivity index (χ1v) is 8.01. The largest absolute Gasteiger partial charge is 0.496 e. The molecule has 120 valence electrons. The van der Waals surface area contributed by atoms with Gasteiger partial charge >= 0.3 is 0 Å². The van der Waals surface area contributed by atoms with Crippen LogP contribution in [0.5, 0.6) is 5.75 Å². The first kappa shape index (κ1) is 18.0. The van der Waals surface area contributed by atoms with Crippen molar-refractivity contribution in [2.24, 2.45) is 0 Å². The molecular formula is C18H32N2O. The second-order valence-electron chi connectivity index (χ2n) is 6.18. The van der Waals surface area contributed by atoms with Crippen LogP contribution in [0, 0.1) is 0 Å². The first-order chi connectivity index (χ1) is 9.97. The van der Waals surface area contributed by atoms with Crippen molar-refractivity contribution in [3.05, 3.63) is 29.3 Å². The number of nitrogens with zero attached hydrogens (tertiary/aromatic N) is 2. The van der Waals surface area contributed by atoms with Crippen LogP contribution < -0.4 is 4.74 Å². The Bertz CT molecular complexity index is 418. The summed E-state index contributed by atoms with van der Waals surface area (Å²) in [6, 6.07) is 6.65. The van der Waals surface area contributed by atoms with E-state index in [9.17, 15) is 0 Å². The number of benzene rings is 1. The van der Waals surface area contributed by atoms with Crippen LogP contribution in [0.4, 0.5) is 0 Å². The molecule has 0 aliphatic rings. The highest BCUT2D eigenvalue weighted by atomic mass is 16.5. The molecule has 0 bridgehead atoms. The van der Waals surface area contributed by atoms with Gasteiger partial charge < -0.3 is 14.5 Å². The molecule has 0 atom stereocenters. The zero-order valence-corrected chi connectivity index (χ0v) is 14.6. The summed E-state index contributed by atoms with van der Waals surface area (Å²) in [5.41, 5.74) is 2.64. The fourth-order valence-electron chi connectivity index (χ4n) is 2.32. The lowest BCUT2D eigenvalue weighted by atomic mass is 9.99. The van der Waals surface area contributed by atoms with Crippen LogP contribution >= 0.6 is 0 Å². The van der Waals surface area contributed by atoms with Crippen LogP contribution in [0.15, 0.2) is 18.2 Å². The van der Waals surface area contributed by atoms with Crippen molar-refractivity contribution in [1.82, 2.24) is 9.80 Å². The molecule has 0 saturated heterocycles. The summed E-state index contributed by atoms with van der Waals surface area (Å²) in [7, 11) is 6.13. The molecule has 1 aromatic rings. The lowest BCUT2D eigenvalue weighted by molar-refractivity contribution is 0.265. The van der Waals surface area contributed by atoms with Gasteiger partial charge in [-0.2, -0.15) is 0 Å². The van der Waals surface area contributed by atoms with Crippen LogP contribution in [0.1, 0.15) is 37.8 Å². The van der Waals surface area contributed by atoms with Gasteiger partial charge in [-0.05, 0) is 50.2 Å². The van der Waals surface area contributed by atoms with Crippen molar-refractivity contribution < 1.29 is 4.74 Å². The van der Waals surface area contributed by atoms with E-state index in [4.69, 9.17) is 4.74 Å². The topological polar surface area (TPSA) is 15.7 Å². The molecule has 0 N–H and O–H groups in total. The summed E-state index contributed by atoms with van der Waals surface area (Å²) >= 11 is 0.